The Labute approximate surface area is 190 Å². The number of esters is 2. The summed E-state index contributed by atoms with van der Waals surface area (Å²) in [5.74, 6) is -1.08. The monoisotopic (exact) mass is 472 g/mol. The molecule has 0 unspecified atom stereocenters. The Morgan fingerprint density at radius 1 is 0.879 bits per heavy atom. The summed E-state index contributed by atoms with van der Waals surface area (Å²) in [6.07, 6.45) is 3.34. The van der Waals surface area contributed by atoms with Crippen LogP contribution in [-0.2, 0) is 32.2 Å². The lowest BCUT2D eigenvalue weighted by molar-refractivity contribution is -0.143. The summed E-state index contributed by atoms with van der Waals surface area (Å²) in [5, 5.41) is 16.4. The van der Waals surface area contributed by atoms with E-state index in [1.165, 1.54) is 23.6 Å². The van der Waals surface area contributed by atoms with Gasteiger partial charge in [0.1, 0.15) is 34.5 Å². The Balaban J connectivity index is 1.60. The third kappa shape index (κ3) is 4.55. The highest BCUT2D eigenvalue weighted by molar-refractivity contribution is 7.00. The lowest BCUT2D eigenvalue weighted by atomic mass is 10.0. The molecule has 0 bridgehead atoms. The second-order valence-corrected chi connectivity index (χ2v) is 7.56. The Kier molecular flexibility index (Phi) is 6.34. The van der Waals surface area contributed by atoms with Gasteiger partial charge in [-0.15, -0.1) is 10.2 Å². The van der Waals surface area contributed by atoms with Crippen LogP contribution in [-0.4, -0.2) is 77.0 Å². The third-order valence-corrected chi connectivity index (χ3v) is 5.35. The van der Waals surface area contributed by atoms with Crippen molar-refractivity contribution in [2.75, 3.05) is 14.2 Å². The van der Waals surface area contributed by atoms with Crippen molar-refractivity contribution in [1.82, 2.24) is 38.7 Å². The van der Waals surface area contributed by atoms with E-state index in [-0.39, 0.29) is 13.1 Å². The molecule has 0 saturated heterocycles. The SMILES string of the molecule is COC(=O)[C@@H](N)Cn1cc(-c2ccc(-c3cn(C[C@H](N)C(=O)OC)nn3)c3nsnc23)nn1. The largest absolute Gasteiger partial charge is 0.468 e. The number of rotatable bonds is 8. The minimum absolute atomic E-state index is 0.118. The molecule has 4 rings (SSSR count). The fourth-order valence-corrected chi connectivity index (χ4v) is 3.73. The van der Waals surface area contributed by atoms with E-state index < -0.39 is 24.0 Å². The number of benzene rings is 1. The summed E-state index contributed by atoms with van der Waals surface area (Å²) in [6.45, 7) is 0.236. The maximum Gasteiger partial charge on any atom is 0.324 e. The van der Waals surface area contributed by atoms with Crippen molar-refractivity contribution in [3.63, 3.8) is 0 Å². The van der Waals surface area contributed by atoms with Gasteiger partial charge in [-0.2, -0.15) is 8.75 Å². The molecule has 3 heterocycles. The van der Waals surface area contributed by atoms with Gasteiger partial charge in [0.2, 0.25) is 0 Å². The topological polar surface area (TPSA) is 192 Å². The maximum absolute atomic E-state index is 11.5. The molecule has 15 heteroatoms. The highest BCUT2D eigenvalue weighted by atomic mass is 32.1. The lowest BCUT2D eigenvalue weighted by Gasteiger charge is -2.08. The van der Waals surface area contributed by atoms with Crippen molar-refractivity contribution in [2.24, 2.45) is 11.5 Å². The van der Waals surface area contributed by atoms with E-state index in [2.05, 4.69) is 38.8 Å². The molecule has 0 aliphatic rings. The Bertz CT molecular complexity index is 1200. The first-order valence-corrected chi connectivity index (χ1v) is 10.4. The van der Waals surface area contributed by atoms with Crippen LogP contribution in [0.1, 0.15) is 0 Å². The minimum Gasteiger partial charge on any atom is -0.468 e. The second kappa shape index (κ2) is 9.35. The van der Waals surface area contributed by atoms with Crippen LogP contribution in [0.15, 0.2) is 24.5 Å². The predicted octanol–water partition coefficient (Wildman–Crippen LogP) is -0.791. The Morgan fingerprint density at radius 2 is 1.30 bits per heavy atom. The van der Waals surface area contributed by atoms with Crippen LogP contribution >= 0.6 is 11.7 Å². The highest BCUT2D eigenvalue weighted by Gasteiger charge is 2.20. The van der Waals surface area contributed by atoms with Crippen LogP contribution in [0.4, 0.5) is 0 Å². The maximum atomic E-state index is 11.5. The smallest absolute Gasteiger partial charge is 0.324 e. The average molecular weight is 472 g/mol. The molecule has 172 valence electrons. The molecule has 0 aliphatic carbocycles. The minimum atomic E-state index is -0.859. The van der Waals surface area contributed by atoms with Crippen LogP contribution in [0.3, 0.4) is 0 Å². The van der Waals surface area contributed by atoms with Crippen molar-refractivity contribution in [3.05, 3.63) is 24.5 Å². The fraction of sp³-hybridized carbons (Fsp3) is 0.333. The zero-order chi connectivity index (χ0) is 23.5. The second-order valence-electron chi connectivity index (χ2n) is 7.03. The van der Waals surface area contributed by atoms with Gasteiger partial charge in [0, 0.05) is 11.1 Å². The Morgan fingerprint density at radius 3 is 1.70 bits per heavy atom. The number of fused-ring (bicyclic) bond motifs is 1. The van der Waals surface area contributed by atoms with E-state index in [4.69, 9.17) is 11.5 Å². The molecule has 0 spiro atoms. The van der Waals surface area contributed by atoms with Crippen molar-refractivity contribution in [1.29, 1.82) is 0 Å². The van der Waals surface area contributed by atoms with Gasteiger partial charge in [-0.3, -0.25) is 9.59 Å². The molecule has 1 aromatic carbocycles. The van der Waals surface area contributed by atoms with Gasteiger partial charge in [0.05, 0.1) is 51.4 Å². The molecule has 0 saturated carbocycles. The molecular formula is C18H20N10O4S. The summed E-state index contributed by atoms with van der Waals surface area (Å²) in [7, 11) is 2.54. The number of nitrogens with zero attached hydrogens (tertiary/aromatic N) is 8. The zero-order valence-electron chi connectivity index (χ0n) is 17.7. The number of nitrogens with two attached hydrogens (primary N) is 2. The lowest BCUT2D eigenvalue weighted by Crippen LogP contribution is -2.36. The highest BCUT2D eigenvalue weighted by Crippen LogP contribution is 2.32. The zero-order valence-corrected chi connectivity index (χ0v) is 18.5. The van der Waals surface area contributed by atoms with E-state index in [1.54, 1.807) is 12.4 Å². The third-order valence-electron chi connectivity index (χ3n) is 4.82. The fourth-order valence-electron chi connectivity index (χ4n) is 3.16. The average Bonchev–Trinajstić information content (AvgIpc) is 3.58. The van der Waals surface area contributed by atoms with E-state index in [1.807, 2.05) is 12.1 Å². The van der Waals surface area contributed by atoms with Crippen molar-refractivity contribution in [3.8, 4) is 22.5 Å². The van der Waals surface area contributed by atoms with E-state index >= 15 is 0 Å². The van der Waals surface area contributed by atoms with Crippen LogP contribution in [0.5, 0.6) is 0 Å². The normalized spacial score (nSPS) is 13.1. The van der Waals surface area contributed by atoms with Crippen molar-refractivity contribution >= 4 is 34.7 Å². The van der Waals surface area contributed by atoms with Crippen LogP contribution in [0.25, 0.3) is 33.5 Å². The van der Waals surface area contributed by atoms with E-state index in [0.717, 1.165) is 11.7 Å². The van der Waals surface area contributed by atoms with Gasteiger partial charge < -0.3 is 20.9 Å². The number of carbonyl (C=O) groups is 2. The summed E-state index contributed by atoms with van der Waals surface area (Å²) >= 11 is 1.05. The molecule has 0 amide bonds. The van der Waals surface area contributed by atoms with Gasteiger partial charge in [0.15, 0.2) is 0 Å². The molecular weight excluding hydrogens is 452 g/mol. The van der Waals surface area contributed by atoms with Gasteiger partial charge in [-0.1, -0.05) is 10.4 Å². The van der Waals surface area contributed by atoms with Crippen molar-refractivity contribution < 1.29 is 19.1 Å². The molecule has 0 radical (unpaired) electrons. The number of hydrogen-bond donors (Lipinski definition) is 2. The van der Waals surface area contributed by atoms with Crippen LogP contribution in [0, 0.1) is 0 Å². The molecule has 0 aliphatic heterocycles. The molecule has 0 fully saturated rings. The molecule has 4 aromatic rings. The standard InChI is InChI=1S/C18H20N10O4S/c1-31-17(29)11(19)5-27-7-13(21-25-27)9-3-4-10(16-15(9)23-33-24-16)14-8-28(26-22-14)6-12(20)18(30)32-2/h3-4,7-8,11-12H,5-6,19-20H2,1-2H3/t11-,12-/m0/s1. The van der Waals surface area contributed by atoms with E-state index in [9.17, 15) is 9.59 Å². The first-order chi connectivity index (χ1) is 15.9. The molecule has 3 aromatic heterocycles. The number of methoxy groups -OCH3 is 2. The van der Waals surface area contributed by atoms with Gasteiger partial charge >= 0.3 is 11.9 Å². The Hall–Kier alpha value is -3.82. The first kappa shape index (κ1) is 22.4. The van der Waals surface area contributed by atoms with Gasteiger partial charge in [0.25, 0.3) is 0 Å². The van der Waals surface area contributed by atoms with Crippen LogP contribution in [0.2, 0.25) is 0 Å². The molecule has 4 N–H and O–H groups in total. The summed E-state index contributed by atoms with van der Waals surface area (Å²) in [5.41, 5.74) is 15.3. The number of aromatic nitrogens is 8. The molecule has 2 atom stereocenters. The summed E-state index contributed by atoms with van der Waals surface area (Å²) < 4.78 is 21.0. The van der Waals surface area contributed by atoms with E-state index in [0.29, 0.717) is 33.5 Å². The molecule has 14 nitrogen and oxygen atoms in total. The van der Waals surface area contributed by atoms with Crippen LogP contribution < -0.4 is 11.5 Å². The summed E-state index contributed by atoms with van der Waals surface area (Å²) in [6, 6.07) is 1.94. The number of ether oxygens (including phenoxy) is 2. The van der Waals surface area contributed by atoms with Gasteiger partial charge in [-0.05, 0) is 12.1 Å². The summed E-state index contributed by atoms with van der Waals surface area (Å²) in [4.78, 5) is 23.1. The number of hydrogen-bond acceptors (Lipinski definition) is 13. The predicted molar refractivity (Wildman–Crippen MR) is 115 cm³/mol. The quantitative estimate of drug-likeness (QED) is 0.304. The van der Waals surface area contributed by atoms with Crippen molar-refractivity contribution in [2.45, 2.75) is 25.2 Å². The number of carbonyl (C=O) groups excluding carboxylic acids is 2. The van der Waals surface area contributed by atoms with Gasteiger partial charge in [-0.25, -0.2) is 9.36 Å². The molecule has 33 heavy (non-hydrogen) atoms. The first-order valence-electron chi connectivity index (χ1n) is 9.64.